The summed E-state index contributed by atoms with van der Waals surface area (Å²) in [5.41, 5.74) is 9.26. The summed E-state index contributed by atoms with van der Waals surface area (Å²) in [7, 11) is 1.35. The molecule has 2 aromatic carbocycles. The monoisotopic (exact) mass is 708 g/mol. The molecule has 1 saturated carbocycles. The molecule has 1 saturated heterocycles. The quantitative estimate of drug-likeness (QED) is 0.0390. The number of aromatic hydroxyl groups is 2. The van der Waals surface area contributed by atoms with Gasteiger partial charge in [0, 0.05) is 46.9 Å². The second-order valence-corrected chi connectivity index (χ2v) is 13.7. The molecule has 0 bridgehead atoms. The summed E-state index contributed by atoms with van der Waals surface area (Å²) >= 11 is 5.46. The van der Waals surface area contributed by atoms with Crippen LogP contribution in [-0.2, 0) is 15.9 Å². The number of ether oxygens (including phenoxy) is 3. The lowest BCUT2D eigenvalue weighted by Gasteiger charge is -2.42. The Morgan fingerprint density at radius 1 is 1.12 bits per heavy atom. The molecule has 2 aromatic rings. The summed E-state index contributed by atoms with van der Waals surface area (Å²) in [5, 5.41) is 57.9. The molecule has 6 rings (SSSR count). The van der Waals surface area contributed by atoms with Crippen LogP contribution in [0.5, 0.6) is 17.2 Å². The highest BCUT2D eigenvalue weighted by molar-refractivity contribution is 7.80. The number of rotatable bonds is 7. The van der Waals surface area contributed by atoms with Gasteiger partial charge < -0.3 is 40.0 Å². The van der Waals surface area contributed by atoms with Crippen molar-refractivity contribution in [2.24, 2.45) is 10.2 Å². The number of phenols is 2. The Morgan fingerprint density at radius 2 is 1.84 bits per heavy atom. The molecule has 4 aliphatic rings. The van der Waals surface area contributed by atoms with Crippen molar-refractivity contribution in [3.63, 3.8) is 0 Å². The van der Waals surface area contributed by atoms with E-state index in [-0.39, 0.29) is 64.1 Å². The number of carbonyl (C=O) groups excluding carboxylic acids is 2. The van der Waals surface area contributed by atoms with Crippen LogP contribution in [0.3, 0.4) is 0 Å². The summed E-state index contributed by atoms with van der Waals surface area (Å²) in [4.78, 5) is 30.7. The van der Waals surface area contributed by atoms with Crippen LogP contribution in [-0.4, -0.2) is 86.1 Å². The third-order valence-electron chi connectivity index (χ3n) is 10.2. The number of carbonyl (C=O) groups is 2. The first kappa shape index (κ1) is 35.5. The largest absolute Gasteiger partial charge is 0.507 e. The number of hydrogen-bond donors (Lipinski definition) is 6. The van der Waals surface area contributed by atoms with Gasteiger partial charge in [0.25, 0.3) is 0 Å². The van der Waals surface area contributed by atoms with Crippen molar-refractivity contribution in [3.8, 4) is 17.2 Å². The fraction of sp³-hybridized carbons (Fsp3) is 0.529. The van der Waals surface area contributed by atoms with Gasteiger partial charge in [-0.2, -0.15) is 5.10 Å². The smallest absolute Gasteiger partial charge is 0.202 e. The van der Waals surface area contributed by atoms with E-state index in [0.29, 0.717) is 0 Å². The summed E-state index contributed by atoms with van der Waals surface area (Å²) in [5.74, 6) is -2.53. The lowest BCUT2D eigenvalue weighted by Crippen LogP contribution is -2.49. The van der Waals surface area contributed by atoms with Gasteiger partial charge >= 0.3 is 0 Å². The molecule has 2 fully saturated rings. The van der Waals surface area contributed by atoms with Gasteiger partial charge in [-0.3, -0.25) is 15.0 Å². The van der Waals surface area contributed by atoms with Crippen molar-refractivity contribution in [1.29, 1.82) is 0 Å². The van der Waals surface area contributed by atoms with E-state index >= 15 is 0 Å². The number of hydrazone groups is 1. The minimum atomic E-state index is -1.82. The van der Waals surface area contributed by atoms with E-state index in [9.17, 15) is 30.0 Å². The van der Waals surface area contributed by atoms with Crippen LogP contribution in [0.25, 0.3) is 10.4 Å². The number of aliphatic hydroxyl groups excluding tert-OH is 1. The Balaban J connectivity index is 1.41. The summed E-state index contributed by atoms with van der Waals surface area (Å²) in [6.07, 6.45) is 0.420. The molecule has 16 heteroatoms. The van der Waals surface area contributed by atoms with Crippen LogP contribution in [0.2, 0.25) is 0 Å². The third kappa shape index (κ3) is 6.38. The zero-order valence-electron chi connectivity index (χ0n) is 27.9. The zero-order valence-corrected chi connectivity index (χ0v) is 28.7. The molecular weight excluding hydrogens is 668 g/mol. The fourth-order valence-corrected chi connectivity index (χ4v) is 7.70. The maximum atomic E-state index is 14.0. The Hall–Kier alpha value is -4.31. The molecule has 0 aromatic heterocycles. The summed E-state index contributed by atoms with van der Waals surface area (Å²) in [6, 6.07) is 3.79. The van der Waals surface area contributed by atoms with Gasteiger partial charge in [0.05, 0.1) is 53.9 Å². The van der Waals surface area contributed by atoms with Crippen molar-refractivity contribution in [2.45, 2.75) is 108 Å². The number of phenolic OH excluding ortho intramolecular Hbond substituents is 2. The van der Waals surface area contributed by atoms with Crippen LogP contribution in [0.1, 0.15) is 108 Å². The van der Waals surface area contributed by atoms with Crippen molar-refractivity contribution in [2.75, 3.05) is 7.11 Å². The number of nitrogens with zero attached hydrogens (tertiary/aromatic N) is 4. The number of azide groups is 1. The van der Waals surface area contributed by atoms with Crippen LogP contribution in [0.15, 0.2) is 28.4 Å². The first-order valence-corrected chi connectivity index (χ1v) is 17.0. The van der Waals surface area contributed by atoms with Gasteiger partial charge in [-0.05, 0) is 50.5 Å². The van der Waals surface area contributed by atoms with Crippen molar-refractivity contribution < 1.29 is 44.2 Å². The van der Waals surface area contributed by atoms with Gasteiger partial charge in [0.15, 0.2) is 17.2 Å². The zero-order chi connectivity index (χ0) is 35.9. The molecule has 266 valence electrons. The topological polar surface area (TPSA) is 228 Å². The van der Waals surface area contributed by atoms with Crippen molar-refractivity contribution in [1.82, 2.24) is 10.7 Å². The highest BCUT2D eigenvalue weighted by Gasteiger charge is 2.49. The Labute approximate surface area is 293 Å². The second kappa shape index (κ2) is 14.1. The maximum absolute atomic E-state index is 14.0. The third-order valence-corrected chi connectivity index (χ3v) is 10.4. The highest BCUT2D eigenvalue weighted by Crippen LogP contribution is 2.52. The summed E-state index contributed by atoms with van der Waals surface area (Å²) in [6.45, 7) is 3.14. The molecule has 1 aliphatic heterocycles. The molecule has 1 heterocycles. The maximum Gasteiger partial charge on any atom is 0.202 e. The van der Waals surface area contributed by atoms with Gasteiger partial charge in [-0.1, -0.05) is 36.5 Å². The van der Waals surface area contributed by atoms with E-state index < -0.39 is 70.4 Å². The number of aliphatic hydroxyl groups is 2. The van der Waals surface area contributed by atoms with E-state index in [2.05, 4.69) is 25.9 Å². The molecule has 0 unspecified atom stereocenters. The minimum Gasteiger partial charge on any atom is -0.507 e. The Kier molecular flexibility index (Phi) is 10.0. The Morgan fingerprint density at radius 3 is 2.54 bits per heavy atom. The minimum absolute atomic E-state index is 0.0106. The van der Waals surface area contributed by atoms with Gasteiger partial charge in [-0.15, -0.1) is 0 Å². The molecule has 0 amide bonds. The van der Waals surface area contributed by atoms with Gasteiger partial charge in [0.2, 0.25) is 5.78 Å². The SMILES string of the molecule is COc1cccc2c1C(=O)c1c(O)c3c(c(O)c1C2=O)C[C@@](O)(/C(C)=N/NC(=S)NC1CCCCC1)C[C@@H]3O[C@H]1C[C@H](N=[N+]=[N-])[C@H](O)[C@H](C)O1. The van der Waals surface area contributed by atoms with Crippen LogP contribution in [0, 0.1) is 0 Å². The number of nitrogens with one attached hydrogen (secondary N) is 2. The average molecular weight is 709 g/mol. The number of methoxy groups -OCH3 is 1. The lowest BCUT2D eigenvalue weighted by molar-refractivity contribution is -0.245. The van der Waals surface area contributed by atoms with Crippen LogP contribution < -0.4 is 15.5 Å². The predicted octanol–water partition coefficient (Wildman–Crippen LogP) is 3.96. The van der Waals surface area contributed by atoms with Gasteiger partial charge in [0.1, 0.15) is 22.8 Å². The van der Waals surface area contributed by atoms with E-state index in [1.807, 2.05) is 0 Å². The molecule has 15 nitrogen and oxygen atoms in total. The molecule has 3 aliphatic carbocycles. The van der Waals surface area contributed by atoms with Crippen molar-refractivity contribution >= 4 is 34.6 Å². The van der Waals surface area contributed by atoms with Gasteiger partial charge in [-0.25, -0.2) is 0 Å². The van der Waals surface area contributed by atoms with E-state index in [4.69, 9.17) is 32.0 Å². The summed E-state index contributed by atoms with van der Waals surface area (Å²) < 4.78 is 17.6. The van der Waals surface area contributed by atoms with E-state index in [1.165, 1.54) is 31.7 Å². The number of hydrogen-bond acceptors (Lipinski definition) is 12. The first-order valence-electron chi connectivity index (χ1n) is 16.6. The number of benzene rings is 2. The van der Waals surface area contributed by atoms with Crippen LogP contribution >= 0.6 is 12.2 Å². The normalized spacial score (nSPS) is 28.1. The standard InChI is InChI=1S/C34H40N6O9S/c1-15-28(41)20(38-40-35)12-23(48-15)49-22-14-34(46,16(2)37-39-33(50)36-17-8-5-4-6-9-17)13-19-25(22)32(45)27-26(30(19)43)29(42)18-10-7-11-21(47-3)24(18)31(27)44/h7,10-11,15,17,20,22-23,28,41,43,45-46H,4-6,8-9,12-14H2,1-3H3,(H2,36,39,50)/b37-16+/t15-,20-,22-,23-,28+,34-/m0/s1. The number of ketones is 2. The molecule has 6 atom stereocenters. The Bertz CT molecular complexity index is 1810. The second-order valence-electron chi connectivity index (χ2n) is 13.3. The molecule has 0 radical (unpaired) electrons. The van der Waals surface area contributed by atoms with E-state index in [0.717, 1.165) is 25.7 Å². The molecule has 50 heavy (non-hydrogen) atoms. The highest BCUT2D eigenvalue weighted by atomic mass is 32.1. The molecule has 6 N–H and O–H groups in total. The molecular formula is C34H40N6O9S. The van der Waals surface area contributed by atoms with Crippen LogP contribution in [0.4, 0.5) is 0 Å². The molecule has 0 spiro atoms. The lowest BCUT2D eigenvalue weighted by atomic mass is 9.72. The fourth-order valence-electron chi connectivity index (χ4n) is 7.49. The predicted molar refractivity (Wildman–Crippen MR) is 183 cm³/mol. The first-order chi connectivity index (χ1) is 23.9. The average Bonchev–Trinajstić information content (AvgIpc) is 3.09. The number of thiocarbonyl (C=S) groups is 1. The number of fused-ring (bicyclic) bond motifs is 3. The van der Waals surface area contributed by atoms with E-state index in [1.54, 1.807) is 13.8 Å². The van der Waals surface area contributed by atoms with Crippen molar-refractivity contribution in [3.05, 3.63) is 62.0 Å².